The number of aryl methyl sites for hydroxylation is 2. The van der Waals surface area contributed by atoms with Gasteiger partial charge in [-0.15, -0.1) is 0 Å². The van der Waals surface area contributed by atoms with E-state index in [9.17, 15) is 4.79 Å². The summed E-state index contributed by atoms with van der Waals surface area (Å²) in [6, 6.07) is 7.19. The molecule has 1 aromatic carbocycles. The minimum absolute atomic E-state index is 0.169. The molecule has 0 aromatic heterocycles. The van der Waals surface area contributed by atoms with Crippen molar-refractivity contribution in [2.75, 3.05) is 13.1 Å². The average molecular weight is 316 g/mol. The molecule has 1 N–H and O–H groups in total. The van der Waals surface area contributed by atoms with Gasteiger partial charge in [0.2, 0.25) is 0 Å². The summed E-state index contributed by atoms with van der Waals surface area (Å²) in [5.74, 6) is 1.18. The maximum absolute atomic E-state index is 12.1. The molecule has 1 saturated heterocycles. The second kappa shape index (κ2) is 5.82. The Balaban J connectivity index is 1.45. The van der Waals surface area contributed by atoms with Crippen molar-refractivity contribution in [3.05, 3.63) is 34.9 Å². The normalized spacial score (nSPS) is 26.1. The zero-order chi connectivity index (χ0) is 16.8. The number of hydrogen-bond donors (Lipinski definition) is 1. The highest BCUT2D eigenvalue weighted by Gasteiger charge is 2.56. The predicted octanol–water partition coefficient (Wildman–Crippen LogP) is 3.26. The molecule has 2 fully saturated rings. The molecule has 2 atom stereocenters. The van der Waals surface area contributed by atoms with Crippen LogP contribution in [0, 0.1) is 25.7 Å². The van der Waals surface area contributed by atoms with Crippen molar-refractivity contribution in [2.24, 2.45) is 11.8 Å². The second-order valence-corrected chi connectivity index (χ2v) is 8.04. The van der Waals surface area contributed by atoms with E-state index in [1.165, 1.54) is 16.7 Å². The number of amides is 1. The zero-order valence-electron chi connectivity index (χ0n) is 14.8. The fourth-order valence-corrected chi connectivity index (χ4v) is 3.45. The number of carbonyl (C=O) groups excluding carboxylic acids is 1. The molecule has 1 heterocycles. The first kappa shape index (κ1) is 16.3. The van der Waals surface area contributed by atoms with Crippen LogP contribution in [0.15, 0.2) is 18.2 Å². The molecule has 2 unspecified atom stereocenters. The third-order valence-electron chi connectivity index (χ3n) is 4.96. The number of rotatable bonds is 3. The van der Waals surface area contributed by atoms with E-state index in [0.29, 0.717) is 17.9 Å². The SMILES string of the molecule is Cc1ccc(CNC2C3CN(C(=O)OC(C)(C)C)CC32)cc1C. The highest BCUT2D eigenvalue weighted by molar-refractivity contribution is 5.69. The highest BCUT2D eigenvalue weighted by Crippen LogP contribution is 2.45. The Morgan fingerprint density at radius 1 is 1.22 bits per heavy atom. The Kier molecular flexibility index (Phi) is 4.13. The van der Waals surface area contributed by atoms with E-state index in [1.54, 1.807) is 0 Å². The van der Waals surface area contributed by atoms with Crippen LogP contribution >= 0.6 is 0 Å². The van der Waals surface area contributed by atoms with Gasteiger partial charge in [-0.05, 0) is 63.1 Å². The third-order valence-corrected chi connectivity index (χ3v) is 4.96. The van der Waals surface area contributed by atoms with E-state index < -0.39 is 5.60 Å². The zero-order valence-corrected chi connectivity index (χ0v) is 14.8. The van der Waals surface area contributed by atoms with Crippen molar-refractivity contribution in [3.63, 3.8) is 0 Å². The van der Waals surface area contributed by atoms with Crippen LogP contribution in [0.5, 0.6) is 0 Å². The number of nitrogens with zero attached hydrogens (tertiary/aromatic N) is 1. The van der Waals surface area contributed by atoms with Gasteiger partial charge in [0.05, 0.1) is 0 Å². The van der Waals surface area contributed by atoms with Crippen molar-refractivity contribution < 1.29 is 9.53 Å². The van der Waals surface area contributed by atoms with Gasteiger partial charge in [-0.1, -0.05) is 18.2 Å². The fourth-order valence-electron chi connectivity index (χ4n) is 3.45. The van der Waals surface area contributed by atoms with E-state index in [4.69, 9.17) is 4.74 Å². The van der Waals surface area contributed by atoms with Gasteiger partial charge in [0.25, 0.3) is 0 Å². The molecule has 1 aliphatic carbocycles. The molecule has 1 amide bonds. The maximum atomic E-state index is 12.1. The van der Waals surface area contributed by atoms with Gasteiger partial charge >= 0.3 is 6.09 Å². The lowest BCUT2D eigenvalue weighted by molar-refractivity contribution is 0.0269. The first-order valence-corrected chi connectivity index (χ1v) is 8.52. The van der Waals surface area contributed by atoms with Gasteiger partial charge in [-0.2, -0.15) is 0 Å². The van der Waals surface area contributed by atoms with Crippen LogP contribution in [0.25, 0.3) is 0 Å². The van der Waals surface area contributed by atoms with Crippen molar-refractivity contribution in [3.8, 4) is 0 Å². The van der Waals surface area contributed by atoms with E-state index >= 15 is 0 Å². The summed E-state index contributed by atoms with van der Waals surface area (Å²) >= 11 is 0. The molecule has 1 saturated carbocycles. The lowest BCUT2D eigenvalue weighted by atomic mass is 10.1. The number of nitrogens with one attached hydrogen (secondary N) is 1. The monoisotopic (exact) mass is 316 g/mol. The highest BCUT2D eigenvalue weighted by atomic mass is 16.6. The molecule has 3 rings (SSSR count). The van der Waals surface area contributed by atoms with E-state index in [1.807, 2.05) is 25.7 Å². The molecule has 23 heavy (non-hydrogen) atoms. The molecule has 1 aliphatic heterocycles. The van der Waals surface area contributed by atoms with Crippen LogP contribution in [-0.4, -0.2) is 35.7 Å². The van der Waals surface area contributed by atoms with Gasteiger partial charge in [-0.25, -0.2) is 4.79 Å². The van der Waals surface area contributed by atoms with Gasteiger partial charge in [0.1, 0.15) is 5.60 Å². The Morgan fingerprint density at radius 2 is 1.87 bits per heavy atom. The van der Waals surface area contributed by atoms with Crippen molar-refractivity contribution in [2.45, 2.75) is 52.8 Å². The lowest BCUT2D eigenvalue weighted by Crippen LogP contribution is -2.39. The Morgan fingerprint density at radius 3 is 2.43 bits per heavy atom. The van der Waals surface area contributed by atoms with E-state index in [2.05, 4.69) is 37.4 Å². The Bertz CT molecular complexity index is 594. The van der Waals surface area contributed by atoms with Crippen molar-refractivity contribution in [1.29, 1.82) is 0 Å². The van der Waals surface area contributed by atoms with Crippen molar-refractivity contribution in [1.82, 2.24) is 10.2 Å². The van der Waals surface area contributed by atoms with Crippen LogP contribution in [0.1, 0.15) is 37.5 Å². The Labute approximate surface area is 139 Å². The predicted molar refractivity (Wildman–Crippen MR) is 91.3 cm³/mol. The van der Waals surface area contributed by atoms with E-state index in [0.717, 1.165) is 19.6 Å². The van der Waals surface area contributed by atoms with Crippen LogP contribution in [0.4, 0.5) is 4.79 Å². The number of benzene rings is 1. The number of ether oxygens (including phenoxy) is 1. The van der Waals surface area contributed by atoms with Crippen LogP contribution in [0.2, 0.25) is 0 Å². The number of piperidine rings is 1. The average Bonchev–Trinajstić information content (AvgIpc) is 2.89. The van der Waals surface area contributed by atoms with E-state index in [-0.39, 0.29) is 6.09 Å². The molecule has 0 spiro atoms. The molecule has 4 nitrogen and oxygen atoms in total. The first-order valence-electron chi connectivity index (χ1n) is 8.52. The summed E-state index contributed by atoms with van der Waals surface area (Å²) in [5, 5.41) is 3.65. The lowest BCUT2D eigenvalue weighted by Gasteiger charge is -2.26. The summed E-state index contributed by atoms with van der Waals surface area (Å²) in [6.45, 7) is 12.6. The van der Waals surface area contributed by atoms with Gasteiger partial charge in [-0.3, -0.25) is 0 Å². The smallest absolute Gasteiger partial charge is 0.410 e. The molecule has 126 valence electrons. The molecular weight excluding hydrogens is 288 g/mol. The molecule has 2 aliphatic rings. The minimum Gasteiger partial charge on any atom is -0.444 e. The van der Waals surface area contributed by atoms with Gasteiger partial charge in [0.15, 0.2) is 0 Å². The third kappa shape index (κ3) is 3.69. The standard InChI is InChI=1S/C19H28N2O2/c1-12-6-7-14(8-13(12)2)9-20-17-15-10-21(11-16(15)17)18(22)23-19(3,4)5/h6-8,15-17,20H,9-11H2,1-5H3. The summed E-state index contributed by atoms with van der Waals surface area (Å²) < 4.78 is 5.45. The summed E-state index contributed by atoms with van der Waals surface area (Å²) in [4.78, 5) is 13.9. The topological polar surface area (TPSA) is 41.6 Å². The van der Waals surface area contributed by atoms with Gasteiger partial charge in [0, 0.05) is 25.7 Å². The van der Waals surface area contributed by atoms with Crippen LogP contribution in [-0.2, 0) is 11.3 Å². The largest absolute Gasteiger partial charge is 0.444 e. The minimum atomic E-state index is -0.412. The number of hydrogen-bond acceptors (Lipinski definition) is 3. The summed E-state index contributed by atoms with van der Waals surface area (Å²) in [5.41, 5.74) is 3.61. The molecule has 0 bridgehead atoms. The second-order valence-electron chi connectivity index (χ2n) is 8.04. The number of likely N-dealkylation sites (tertiary alicyclic amines) is 1. The number of fused-ring (bicyclic) bond motifs is 1. The number of carbonyl (C=O) groups is 1. The summed E-state index contributed by atoms with van der Waals surface area (Å²) in [7, 11) is 0. The first-order chi connectivity index (χ1) is 10.7. The maximum Gasteiger partial charge on any atom is 0.410 e. The quantitative estimate of drug-likeness (QED) is 0.930. The molecule has 4 heteroatoms. The molecular formula is C19H28N2O2. The van der Waals surface area contributed by atoms with Crippen molar-refractivity contribution >= 4 is 6.09 Å². The Hall–Kier alpha value is -1.55. The fraction of sp³-hybridized carbons (Fsp3) is 0.632. The molecule has 1 aromatic rings. The van der Waals surface area contributed by atoms with Gasteiger partial charge < -0.3 is 15.0 Å². The molecule has 0 radical (unpaired) electrons. The van der Waals surface area contributed by atoms with Crippen LogP contribution < -0.4 is 5.32 Å². The van der Waals surface area contributed by atoms with Crippen LogP contribution in [0.3, 0.4) is 0 Å². The summed E-state index contributed by atoms with van der Waals surface area (Å²) in [6.07, 6.45) is -0.169.